The van der Waals surface area contributed by atoms with E-state index in [1.165, 1.54) is 0 Å². The second-order valence-corrected chi connectivity index (χ2v) is 8.24. The predicted octanol–water partition coefficient (Wildman–Crippen LogP) is 2.78. The molecule has 2 aromatic heterocycles. The Morgan fingerprint density at radius 2 is 2.27 bits per heavy atom. The number of nitrogens with zero attached hydrogens (tertiary/aromatic N) is 2. The Morgan fingerprint density at radius 3 is 2.96 bits per heavy atom. The van der Waals surface area contributed by atoms with E-state index in [9.17, 15) is 9.90 Å². The highest BCUT2D eigenvalue weighted by Crippen LogP contribution is 2.39. The topological polar surface area (TPSA) is 78.5 Å². The van der Waals surface area contributed by atoms with Crippen LogP contribution in [0.5, 0.6) is 0 Å². The lowest BCUT2D eigenvalue weighted by Gasteiger charge is -2.48. The van der Waals surface area contributed by atoms with Crippen LogP contribution in [0.4, 0.5) is 0 Å². The fourth-order valence-electron chi connectivity index (χ4n) is 4.29. The molecule has 0 radical (unpaired) electrons. The van der Waals surface area contributed by atoms with Crippen molar-refractivity contribution < 1.29 is 14.6 Å². The van der Waals surface area contributed by atoms with Crippen molar-refractivity contribution >= 4 is 17.2 Å². The highest BCUT2D eigenvalue weighted by molar-refractivity contribution is 7.08. The van der Waals surface area contributed by atoms with Gasteiger partial charge in [-0.2, -0.15) is 16.4 Å². The minimum Gasteiger partial charge on any atom is -0.389 e. The fourth-order valence-corrected chi connectivity index (χ4v) is 4.94. The Morgan fingerprint density at radius 1 is 1.46 bits per heavy atom. The molecule has 2 aliphatic rings. The van der Waals surface area contributed by atoms with Gasteiger partial charge < -0.3 is 14.7 Å². The van der Waals surface area contributed by atoms with Gasteiger partial charge in [-0.25, -0.2) is 0 Å². The van der Waals surface area contributed by atoms with Crippen molar-refractivity contribution in [3.05, 3.63) is 28.6 Å². The first-order valence-electron chi connectivity index (χ1n) is 9.25. The third-order valence-electron chi connectivity index (χ3n) is 5.97. The van der Waals surface area contributed by atoms with E-state index in [0.29, 0.717) is 25.2 Å². The van der Waals surface area contributed by atoms with Gasteiger partial charge in [0.1, 0.15) is 5.69 Å². The standard InChI is InChI=1S/C19H25N3O3S/c1-13-11-22(6-5-19(13,24)15-2-7-25-8-3-15)18(23)17-10-16(20-21-17)14-4-9-26-12-14/h4,9-10,12-13,15,24H,2-3,5-8,11H2,1H3,(H,20,21)/t13-,19+/m1/s1. The molecule has 4 heterocycles. The number of H-pyrrole nitrogens is 1. The van der Waals surface area contributed by atoms with E-state index in [2.05, 4.69) is 17.1 Å². The summed E-state index contributed by atoms with van der Waals surface area (Å²) in [5, 5.41) is 22.4. The second kappa shape index (κ2) is 7.13. The molecule has 2 saturated heterocycles. The Bertz CT molecular complexity index is 754. The number of aromatic amines is 1. The number of ether oxygens (including phenoxy) is 1. The van der Waals surface area contributed by atoms with Crippen LogP contribution in [0.25, 0.3) is 11.3 Å². The molecule has 0 unspecified atom stereocenters. The Hall–Kier alpha value is -1.70. The van der Waals surface area contributed by atoms with Crippen molar-refractivity contribution in [2.75, 3.05) is 26.3 Å². The number of rotatable bonds is 3. The first kappa shape index (κ1) is 17.7. The van der Waals surface area contributed by atoms with E-state index in [1.54, 1.807) is 11.3 Å². The van der Waals surface area contributed by atoms with Crippen molar-refractivity contribution in [3.63, 3.8) is 0 Å². The molecule has 2 N–H and O–H groups in total. The Kier molecular flexibility index (Phi) is 4.86. The van der Waals surface area contributed by atoms with Gasteiger partial charge in [0.05, 0.1) is 11.3 Å². The van der Waals surface area contributed by atoms with Gasteiger partial charge in [-0.15, -0.1) is 0 Å². The van der Waals surface area contributed by atoms with Crippen LogP contribution in [0.2, 0.25) is 0 Å². The van der Waals surface area contributed by atoms with Crippen molar-refractivity contribution in [3.8, 4) is 11.3 Å². The molecule has 2 atom stereocenters. The van der Waals surface area contributed by atoms with Gasteiger partial charge in [-0.05, 0) is 42.7 Å². The van der Waals surface area contributed by atoms with Crippen molar-refractivity contribution in [1.82, 2.24) is 15.1 Å². The van der Waals surface area contributed by atoms with Crippen LogP contribution in [-0.4, -0.2) is 58.0 Å². The lowest BCUT2D eigenvalue weighted by molar-refractivity contribution is -0.125. The lowest BCUT2D eigenvalue weighted by atomic mass is 9.70. The number of aliphatic hydroxyl groups is 1. The SMILES string of the molecule is C[C@@H]1CN(C(=O)c2cc(-c3ccsc3)n[nH]2)CC[C@@]1(O)C1CCOCC1. The van der Waals surface area contributed by atoms with Gasteiger partial charge in [0.2, 0.25) is 0 Å². The van der Waals surface area contributed by atoms with Crippen LogP contribution >= 0.6 is 11.3 Å². The number of carbonyl (C=O) groups is 1. The molecule has 0 aromatic carbocycles. The molecule has 0 spiro atoms. The summed E-state index contributed by atoms with van der Waals surface area (Å²) in [5.74, 6) is 0.267. The minimum atomic E-state index is -0.698. The molecule has 2 fully saturated rings. The number of thiophene rings is 1. The maximum Gasteiger partial charge on any atom is 0.271 e. The fraction of sp³-hybridized carbons (Fsp3) is 0.579. The number of hydrogen-bond acceptors (Lipinski definition) is 5. The maximum atomic E-state index is 12.9. The van der Waals surface area contributed by atoms with Gasteiger partial charge in [-0.3, -0.25) is 9.89 Å². The third kappa shape index (κ3) is 3.19. The summed E-state index contributed by atoms with van der Waals surface area (Å²) in [4.78, 5) is 14.7. The minimum absolute atomic E-state index is 0.0418. The summed E-state index contributed by atoms with van der Waals surface area (Å²) >= 11 is 1.61. The highest BCUT2D eigenvalue weighted by Gasteiger charge is 2.46. The summed E-state index contributed by atoms with van der Waals surface area (Å²) in [7, 11) is 0. The zero-order valence-electron chi connectivity index (χ0n) is 15.0. The van der Waals surface area contributed by atoms with E-state index in [-0.39, 0.29) is 17.7 Å². The van der Waals surface area contributed by atoms with E-state index in [0.717, 1.165) is 37.3 Å². The normalized spacial score (nSPS) is 27.6. The van der Waals surface area contributed by atoms with Gasteiger partial charge in [-0.1, -0.05) is 6.92 Å². The maximum absolute atomic E-state index is 12.9. The van der Waals surface area contributed by atoms with Crippen LogP contribution in [0, 0.1) is 11.8 Å². The van der Waals surface area contributed by atoms with Gasteiger partial charge in [0.15, 0.2) is 0 Å². The van der Waals surface area contributed by atoms with Gasteiger partial charge in [0, 0.05) is 43.2 Å². The summed E-state index contributed by atoms with van der Waals surface area (Å²) in [6.45, 7) is 4.64. The van der Waals surface area contributed by atoms with Crippen LogP contribution in [0.1, 0.15) is 36.7 Å². The van der Waals surface area contributed by atoms with Crippen molar-refractivity contribution in [2.45, 2.75) is 31.8 Å². The molecule has 1 amide bonds. The van der Waals surface area contributed by atoms with Crippen molar-refractivity contribution in [2.24, 2.45) is 11.8 Å². The van der Waals surface area contributed by atoms with E-state index >= 15 is 0 Å². The largest absolute Gasteiger partial charge is 0.389 e. The number of likely N-dealkylation sites (tertiary alicyclic amines) is 1. The zero-order chi connectivity index (χ0) is 18.1. The van der Waals surface area contributed by atoms with E-state index < -0.39 is 5.60 Å². The quantitative estimate of drug-likeness (QED) is 0.865. The number of hydrogen-bond donors (Lipinski definition) is 2. The molecule has 0 bridgehead atoms. The third-order valence-corrected chi connectivity index (χ3v) is 6.65. The first-order valence-corrected chi connectivity index (χ1v) is 10.2. The number of amides is 1. The monoisotopic (exact) mass is 375 g/mol. The lowest BCUT2D eigenvalue weighted by Crippen LogP contribution is -2.56. The van der Waals surface area contributed by atoms with Crippen LogP contribution in [0.3, 0.4) is 0 Å². The number of piperidine rings is 1. The number of aromatic nitrogens is 2. The van der Waals surface area contributed by atoms with Gasteiger partial charge in [0.25, 0.3) is 5.91 Å². The highest BCUT2D eigenvalue weighted by atomic mass is 32.1. The molecular weight excluding hydrogens is 350 g/mol. The Labute approximate surface area is 157 Å². The molecule has 7 heteroatoms. The van der Waals surface area contributed by atoms with E-state index in [1.807, 2.05) is 27.8 Å². The summed E-state index contributed by atoms with van der Waals surface area (Å²) in [5.41, 5.74) is 1.62. The first-order chi connectivity index (χ1) is 12.6. The molecule has 2 aliphatic heterocycles. The summed E-state index contributed by atoms with van der Waals surface area (Å²) in [6, 6.07) is 3.81. The predicted molar refractivity (Wildman–Crippen MR) is 100 cm³/mol. The molecule has 140 valence electrons. The summed E-state index contributed by atoms with van der Waals surface area (Å²) < 4.78 is 5.43. The average Bonchev–Trinajstić information content (AvgIpc) is 3.35. The molecule has 2 aromatic rings. The molecule has 6 nitrogen and oxygen atoms in total. The molecule has 0 saturated carbocycles. The summed E-state index contributed by atoms with van der Waals surface area (Å²) in [6.07, 6.45) is 2.43. The smallest absolute Gasteiger partial charge is 0.271 e. The Balaban J connectivity index is 1.44. The van der Waals surface area contributed by atoms with E-state index in [4.69, 9.17) is 4.74 Å². The van der Waals surface area contributed by atoms with Gasteiger partial charge >= 0.3 is 0 Å². The zero-order valence-corrected chi connectivity index (χ0v) is 15.8. The van der Waals surface area contributed by atoms with Crippen LogP contribution < -0.4 is 0 Å². The van der Waals surface area contributed by atoms with Crippen LogP contribution in [0.15, 0.2) is 22.9 Å². The molecule has 26 heavy (non-hydrogen) atoms. The number of nitrogens with one attached hydrogen (secondary N) is 1. The molecule has 4 rings (SSSR count). The molecular formula is C19H25N3O3S. The van der Waals surface area contributed by atoms with Crippen molar-refractivity contribution in [1.29, 1.82) is 0 Å². The average molecular weight is 375 g/mol. The molecule has 0 aliphatic carbocycles. The number of carbonyl (C=O) groups excluding carboxylic acids is 1. The second-order valence-electron chi connectivity index (χ2n) is 7.46. The van der Waals surface area contributed by atoms with Crippen LogP contribution in [-0.2, 0) is 4.74 Å².